The number of hydrogen-bond acceptors (Lipinski definition) is 5. The van der Waals surface area contributed by atoms with Gasteiger partial charge in [-0.3, -0.25) is 9.78 Å². The number of nitrogens with one attached hydrogen (secondary N) is 1. The Labute approximate surface area is 194 Å². The maximum absolute atomic E-state index is 13.1. The number of carbonyl (C=O) groups excluding carboxylic acids is 1. The van der Waals surface area contributed by atoms with Crippen LogP contribution in [-0.4, -0.2) is 56.5 Å². The van der Waals surface area contributed by atoms with Gasteiger partial charge in [-0.2, -0.15) is 0 Å². The van der Waals surface area contributed by atoms with E-state index in [1.807, 2.05) is 42.2 Å². The predicted molar refractivity (Wildman–Crippen MR) is 126 cm³/mol. The number of pyridine rings is 1. The van der Waals surface area contributed by atoms with Crippen molar-refractivity contribution in [2.45, 2.75) is 38.6 Å². The summed E-state index contributed by atoms with van der Waals surface area (Å²) < 4.78 is 1.75. The van der Waals surface area contributed by atoms with E-state index < -0.39 is 0 Å². The van der Waals surface area contributed by atoms with Gasteiger partial charge < -0.3 is 10.2 Å². The molecule has 1 aromatic carbocycles. The molecule has 9 heteroatoms. The average molecular weight is 463 g/mol. The summed E-state index contributed by atoms with van der Waals surface area (Å²) in [6.45, 7) is 4.58. The van der Waals surface area contributed by atoms with Crippen molar-refractivity contribution >= 4 is 41.6 Å². The number of hydrogen-bond donors (Lipinski definition) is 1. The van der Waals surface area contributed by atoms with Crippen molar-refractivity contribution in [2.75, 3.05) is 19.6 Å². The summed E-state index contributed by atoms with van der Waals surface area (Å²) in [5.74, 6) is 0.865. The minimum Gasteiger partial charge on any atom is -0.337 e. The highest BCUT2D eigenvalue weighted by atomic mass is 35.5. The van der Waals surface area contributed by atoms with Crippen LogP contribution in [0.2, 0.25) is 0 Å². The Morgan fingerprint density at radius 1 is 1.10 bits per heavy atom. The highest BCUT2D eigenvalue weighted by molar-refractivity contribution is 5.94. The molecule has 3 heterocycles. The van der Waals surface area contributed by atoms with Crippen molar-refractivity contribution in [3.8, 4) is 5.69 Å². The van der Waals surface area contributed by atoms with Crippen molar-refractivity contribution in [1.82, 2.24) is 30.2 Å². The monoisotopic (exact) mass is 462 g/mol. The van der Waals surface area contributed by atoms with Crippen LogP contribution in [0, 0.1) is 12.8 Å². The molecular weight excluding hydrogens is 435 g/mol. The zero-order valence-electron chi connectivity index (χ0n) is 17.5. The first kappa shape index (κ1) is 23.4. The molecule has 1 aliphatic carbocycles. The summed E-state index contributed by atoms with van der Waals surface area (Å²) in [4.78, 5) is 19.4. The molecule has 0 radical (unpaired) electrons. The molecule has 2 fully saturated rings. The lowest BCUT2D eigenvalue weighted by molar-refractivity contribution is 0.0698. The molecule has 166 valence electrons. The summed E-state index contributed by atoms with van der Waals surface area (Å²) in [5, 5.41) is 13.2. The normalized spacial score (nSPS) is 16.6. The summed E-state index contributed by atoms with van der Waals surface area (Å²) in [6.07, 6.45) is 6.51. The van der Waals surface area contributed by atoms with Gasteiger partial charge in [0.05, 0.1) is 16.9 Å². The van der Waals surface area contributed by atoms with Crippen LogP contribution in [-0.2, 0) is 0 Å². The summed E-state index contributed by atoms with van der Waals surface area (Å²) >= 11 is 0. The second-order valence-electron chi connectivity index (χ2n) is 8.20. The van der Waals surface area contributed by atoms with Crippen LogP contribution in [0.5, 0.6) is 0 Å². The molecule has 5 rings (SSSR count). The van der Waals surface area contributed by atoms with Crippen molar-refractivity contribution in [1.29, 1.82) is 0 Å². The first-order chi connectivity index (χ1) is 14.2. The predicted octanol–water partition coefficient (Wildman–Crippen LogP) is 3.57. The van der Waals surface area contributed by atoms with Crippen molar-refractivity contribution in [3.63, 3.8) is 0 Å². The van der Waals surface area contributed by atoms with Gasteiger partial charge in [0.15, 0.2) is 5.69 Å². The standard InChI is InChI=1S/C22H26N6O.2ClH/c1-15-21(22(29)27-12-9-17(10-13-27)24-14-16-7-8-16)25-26-28(15)20-6-2-5-19-18(20)4-3-11-23-19;;/h2-6,11,16-17,24H,7-10,12-14H2,1H3;2*1H. The SMILES string of the molecule is Cc1c(C(=O)N2CCC(NCC3CC3)CC2)nnn1-c1cccc2ncccc12.Cl.Cl. The van der Waals surface area contributed by atoms with E-state index in [0.29, 0.717) is 11.7 Å². The number of carbonyl (C=O) groups is 1. The third kappa shape index (κ3) is 4.84. The van der Waals surface area contributed by atoms with Crippen molar-refractivity contribution < 1.29 is 4.79 Å². The van der Waals surface area contributed by atoms with Crippen LogP contribution in [0.25, 0.3) is 16.6 Å². The van der Waals surface area contributed by atoms with Gasteiger partial charge in [0.1, 0.15) is 0 Å². The Morgan fingerprint density at radius 2 is 1.87 bits per heavy atom. The number of fused-ring (bicyclic) bond motifs is 1. The Hall–Kier alpha value is -2.22. The molecule has 2 aromatic heterocycles. The molecule has 1 aliphatic heterocycles. The number of likely N-dealkylation sites (tertiary alicyclic amines) is 1. The lowest BCUT2D eigenvalue weighted by atomic mass is 10.0. The first-order valence-electron chi connectivity index (χ1n) is 10.5. The smallest absolute Gasteiger partial charge is 0.276 e. The number of benzene rings is 1. The van der Waals surface area contributed by atoms with Gasteiger partial charge in [0.25, 0.3) is 5.91 Å². The minimum atomic E-state index is -0.0206. The van der Waals surface area contributed by atoms with Gasteiger partial charge in [0, 0.05) is 30.7 Å². The summed E-state index contributed by atoms with van der Waals surface area (Å²) in [6, 6.07) is 10.4. The fourth-order valence-electron chi connectivity index (χ4n) is 4.12. The fourth-order valence-corrected chi connectivity index (χ4v) is 4.12. The van der Waals surface area contributed by atoms with Gasteiger partial charge in [-0.1, -0.05) is 11.3 Å². The Kier molecular flexibility index (Phi) is 7.51. The quantitative estimate of drug-likeness (QED) is 0.626. The van der Waals surface area contributed by atoms with Gasteiger partial charge in [-0.05, 0) is 69.3 Å². The number of halogens is 2. The highest BCUT2D eigenvalue weighted by Crippen LogP contribution is 2.28. The number of amides is 1. The molecule has 0 bridgehead atoms. The fraction of sp³-hybridized carbons (Fsp3) is 0.455. The maximum Gasteiger partial charge on any atom is 0.276 e. The van der Waals surface area contributed by atoms with E-state index >= 15 is 0 Å². The van der Waals surface area contributed by atoms with E-state index in [-0.39, 0.29) is 30.7 Å². The minimum absolute atomic E-state index is 0. The third-order valence-corrected chi connectivity index (χ3v) is 6.12. The van der Waals surface area contributed by atoms with Crippen molar-refractivity contribution in [2.24, 2.45) is 5.92 Å². The summed E-state index contributed by atoms with van der Waals surface area (Å²) in [5.41, 5.74) is 2.99. The van der Waals surface area contributed by atoms with Gasteiger partial charge in [-0.25, -0.2) is 4.68 Å². The lowest BCUT2D eigenvalue weighted by Gasteiger charge is -2.32. The molecule has 1 amide bonds. The molecule has 1 saturated heterocycles. The first-order valence-corrected chi connectivity index (χ1v) is 10.5. The Bertz CT molecular complexity index is 1040. The molecule has 0 atom stereocenters. The van der Waals surface area contributed by atoms with Gasteiger partial charge in [0.2, 0.25) is 0 Å². The lowest BCUT2D eigenvalue weighted by Crippen LogP contribution is -2.45. The summed E-state index contributed by atoms with van der Waals surface area (Å²) in [7, 11) is 0. The molecule has 7 nitrogen and oxygen atoms in total. The van der Waals surface area contributed by atoms with E-state index in [2.05, 4.69) is 20.6 Å². The third-order valence-electron chi connectivity index (χ3n) is 6.12. The zero-order chi connectivity index (χ0) is 19.8. The van der Waals surface area contributed by atoms with Crippen LogP contribution < -0.4 is 5.32 Å². The molecule has 1 N–H and O–H groups in total. The van der Waals surface area contributed by atoms with E-state index in [1.165, 1.54) is 12.8 Å². The maximum atomic E-state index is 13.1. The van der Waals surface area contributed by atoms with Crippen molar-refractivity contribution in [3.05, 3.63) is 47.9 Å². The topological polar surface area (TPSA) is 75.9 Å². The molecule has 1 saturated carbocycles. The average Bonchev–Trinajstić information content (AvgIpc) is 3.52. The number of piperidine rings is 1. The van der Waals surface area contributed by atoms with Crippen LogP contribution in [0.15, 0.2) is 36.5 Å². The highest BCUT2D eigenvalue weighted by Gasteiger charge is 2.28. The molecule has 0 spiro atoms. The second-order valence-corrected chi connectivity index (χ2v) is 8.20. The molecular formula is C22H28Cl2N6O. The zero-order valence-corrected chi connectivity index (χ0v) is 19.2. The van der Waals surface area contributed by atoms with E-state index in [0.717, 1.165) is 60.7 Å². The molecule has 31 heavy (non-hydrogen) atoms. The Morgan fingerprint density at radius 3 is 2.61 bits per heavy atom. The van der Waals surface area contributed by atoms with E-state index in [9.17, 15) is 4.79 Å². The largest absolute Gasteiger partial charge is 0.337 e. The van der Waals surface area contributed by atoms with Gasteiger partial charge in [-0.15, -0.1) is 29.9 Å². The molecule has 2 aliphatic rings. The van der Waals surface area contributed by atoms with E-state index in [4.69, 9.17) is 0 Å². The van der Waals surface area contributed by atoms with Crippen LogP contribution in [0.3, 0.4) is 0 Å². The second kappa shape index (κ2) is 9.94. The van der Waals surface area contributed by atoms with Crippen LogP contribution in [0.1, 0.15) is 41.9 Å². The van der Waals surface area contributed by atoms with Crippen LogP contribution in [0.4, 0.5) is 0 Å². The van der Waals surface area contributed by atoms with E-state index in [1.54, 1.807) is 10.9 Å². The number of aromatic nitrogens is 4. The van der Waals surface area contributed by atoms with Gasteiger partial charge >= 0.3 is 0 Å². The molecule has 3 aromatic rings. The number of nitrogens with zero attached hydrogens (tertiary/aromatic N) is 5. The van der Waals surface area contributed by atoms with Crippen LogP contribution >= 0.6 is 24.8 Å². The molecule has 0 unspecified atom stereocenters. The Balaban J connectivity index is 0.00000136. The number of rotatable bonds is 5.